The van der Waals surface area contributed by atoms with Crippen LogP contribution in [-0.4, -0.2) is 0 Å². The maximum absolute atomic E-state index is 2.36. The Morgan fingerprint density at radius 2 is 1.65 bits per heavy atom. The van der Waals surface area contributed by atoms with E-state index in [1.54, 1.807) is 0 Å². The van der Waals surface area contributed by atoms with Gasteiger partial charge in [-0.1, -0.05) is 60.7 Å². The molecule has 0 aliphatic heterocycles. The Labute approximate surface area is 139 Å². The first kappa shape index (κ1) is 15.6. The lowest BCUT2D eigenvalue weighted by Gasteiger charge is -2.19. The molecule has 116 valence electrons. The first-order valence-corrected chi connectivity index (χ1v) is 8.38. The lowest BCUT2D eigenvalue weighted by Crippen LogP contribution is -1.98. The van der Waals surface area contributed by atoms with Crippen LogP contribution in [0.15, 0.2) is 77.9 Å². The molecule has 2 aromatic carbocycles. The number of fused-ring (bicyclic) bond motifs is 1. The average Bonchev–Trinajstić information content (AvgIpc) is 2.55. The van der Waals surface area contributed by atoms with Gasteiger partial charge in [0.2, 0.25) is 0 Å². The molecule has 2 aromatic rings. The maximum atomic E-state index is 2.36. The van der Waals surface area contributed by atoms with Crippen molar-refractivity contribution in [2.75, 3.05) is 0 Å². The summed E-state index contributed by atoms with van der Waals surface area (Å²) >= 11 is 0. The highest BCUT2D eigenvalue weighted by Crippen LogP contribution is 2.35. The highest BCUT2D eigenvalue weighted by molar-refractivity contribution is 5.88. The Morgan fingerprint density at radius 1 is 0.913 bits per heavy atom. The van der Waals surface area contributed by atoms with Gasteiger partial charge in [0.1, 0.15) is 0 Å². The fraction of sp³-hybridized carbons (Fsp3) is 0.217. The number of hydrogen-bond acceptors (Lipinski definition) is 0. The van der Waals surface area contributed by atoms with E-state index in [4.69, 9.17) is 0 Å². The lowest BCUT2D eigenvalue weighted by atomic mass is 9.85. The minimum atomic E-state index is 1.12. The van der Waals surface area contributed by atoms with Gasteiger partial charge >= 0.3 is 0 Å². The summed E-state index contributed by atoms with van der Waals surface area (Å²) in [5.74, 6) is 0. The van der Waals surface area contributed by atoms with Crippen molar-refractivity contribution < 1.29 is 0 Å². The maximum Gasteiger partial charge on any atom is -0.0178 e. The molecule has 0 bridgehead atoms. The quantitative estimate of drug-likeness (QED) is 0.548. The molecule has 1 aliphatic rings. The zero-order valence-corrected chi connectivity index (χ0v) is 14.3. The minimum absolute atomic E-state index is 1.12. The van der Waals surface area contributed by atoms with Crippen molar-refractivity contribution >= 4 is 16.3 Å². The van der Waals surface area contributed by atoms with Gasteiger partial charge in [-0.15, -0.1) is 0 Å². The Kier molecular flexibility index (Phi) is 4.62. The minimum Gasteiger partial charge on any atom is -0.0877 e. The smallest absolute Gasteiger partial charge is 0.0178 e. The molecule has 0 saturated heterocycles. The fourth-order valence-corrected chi connectivity index (χ4v) is 3.35. The molecular weight excluding hydrogens is 276 g/mol. The van der Waals surface area contributed by atoms with Crippen molar-refractivity contribution in [3.63, 3.8) is 0 Å². The van der Waals surface area contributed by atoms with E-state index in [2.05, 4.69) is 80.6 Å². The molecule has 0 radical (unpaired) electrons. The van der Waals surface area contributed by atoms with E-state index < -0.39 is 0 Å². The fourth-order valence-electron chi connectivity index (χ4n) is 3.35. The summed E-state index contributed by atoms with van der Waals surface area (Å²) in [5.41, 5.74) is 7.10. The zero-order chi connectivity index (χ0) is 16.2. The predicted molar refractivity (Wildman–Crippen MR) is 103 cm³/mol. The Balaban J connectivity index is 2.01. The van der Waals surface area contributed by atoms with Crippen LogP contribution in [0.1, 0.15) is 37.8 Å². The van der Waals surface area contributed by atoms with Gasteiger partial charge in [0, 0.05) is 0 Å². The highest BCUT2D eigenvalue weighted by atomic mass is 14.2. The van der Waals surface area contributed by atoms with E-state index in [-0.39, 0.29) is 0 Å². The summed E-state index contributed by atoms with van der Waals surface area (Å²) in [6.45, 7) is 6.52. The first-order chi connectivity index (χ1) is 11.2. The van der Waals surface area contributed by atoms with Gasteiger partial charge in [0.15, 0.2) is 0 Å². The third-order valence-corrected chi connectivity index (χ3v) is 4.57. The van der Waals surface area contributed by atoms with Crippen molar-refractivity contribution in [3.05, 3.63) is 89.1 Å². The van der Waals surface area contributed by atoms with Crippen LogP contribution < -0.4 is 0 Å². The molecular formula is C23H24. The van der Waals surface area contributed by atoms with Crippen LogP contribution in [0, 0.1) is 6.92 Å². The van der Waals surface area contributed by atoms with Gasteiger partial charge in [-0.25, -0.2) is 0 Å². The van der Waals surface area contributed by atoms with Crippen LogP contribution in [0.3, 0.4) is 0 Å². The van der Waals surface area contributed by atoms with Gasteiger partial charge in [0.25, 0.3) is 0 Å². The van der Waals surface area contributed by atoms with Gasteiger partial charge < -0.3 is 0 Å². The predicted octanol–water partition coefficient (Wildman–Crippen LogP) is 6.77. The molecule has 1 aliphatic carbocycles. The topological polar surface area (TPSA) is 0 Å². The Bertz CT molecular complexity index is 841. The zero-order valence-electron chi connectivity index (χ0n) is 14.3. The van der Waals surface area contributed by atoms with E-state index in [0.717, 1.165) is 12.8 Å². The highest BCUT2D eigenvalue weighted by Gasteiger charge is 2.13. The lowest BCUT2D eigenvalue weighted by molar-refractivity contribution is 0.989. The summed E-state index contributed by atoms with van der Waals surface area (Å²) in [7, 11) is 0. The molecule has 23 heavy (non-hydrogen) atoms. The normalized spacial score (nSPS) is 15.9. The Morgan fingerprint density at radius 3 is 2.35 bits per heavy atom. The van der Waals surface area contributed by atoms with E-state index in [1.807, 2.05) is 6.92 Å². The van der Waals surface area contributed by atoms with Crippen LogP contribution >= 0.6 is 0 Å². The second-order valence-corrected chi connectivity index (χ2v) is 6.28. The number of allylic oxidation sites excluding steroid dienone is 8. The van der Waals surface area contributed by atoms with Crippen LogP contribution in [0.2, 0.25) is 0 Å². The first-order valence-electron chi connectivity index (χ1n) is 8.38. The molecule has 0 atom stereocenters. The number of rotatable bonds is 3. The second-order valence-electron chi connectivity index (χ2n) is 6.28. The van der Waals surface area contributed by atoms with Gasteiger partial charge in [-0.3, -0.25) is 0 Å². The third-order valence-electron chi connectivity index (χ3n) is 4.57. The number of aryl methyl sites for hydroxylation is 1. The van der Waals surface area contributed by atoms with Crippen LogP contribution in [0.5, 0.6) is 0 Å². The summed E-state index contributed by atoms with van der Waals surface area (Å²) in [6.07, 6.45) is 13.1. The molecule has 0 nitrogen and oxygen atoms in total. The van der Waals surface area contributed by atoms with Crippen molar-refractivity contribution in [3.8, 4) is 0 Å². The summed E-state index contributed by atoms with van der Waals surface area (Å²) in [4.78, 5) is 0. The van der Waals surface area contributed by atoms with Crippen molar-refractivity contribution in [1.82, 2.24) is 0 Å². The molecule has 0 unspecified atom stereocenters. The monoisotopic (exact) mass is 300 g/mol. The second kappa shape index (κ2) is 6.83. The average molecular weight is 300 g/mol. The summed E-state index contributed by atoms with van der Waals surface area (Å²) in [6, 6.07) is 13.3. The molecule has 0 heterocycles. The van der Waals surface area contributed by atoms with E-state index in [1.165, 1.54) is 38.6 Å². The van der Waals surface area contributed by atoms with Crippen LogP contribution in [0.4, 0.5) is 0 Å². The van der Waals surface area contributed by atoms with Gasteiger partial charge in [0.05, 0.1) is 0 Å². The molecule has 0 N–H and O–H groups in total. The Hall–Kier alpha value is -2.34. The SMILES string of the molecule is C/C=C\C=C/C1=CC(C)=C(c2cc3ccccc3cc2C)CC1. The summed E-state index contributed by atoms with van der Waals surface area (Å²) in [5, 5.41) is 2.66. The van der Waals surface area contributed by atoms with Crippen molar-refractivity contribution in [2.24, 2.45) is 0 Å². The van der Waals surface area contributed by atoms with Gasteiger partial charge in [-0.2, -0.15) is 0 Å². The van der Waals surface area contributed by atoms with Crippen molar-refractivity contribution in [2.45, 2.75) is 33.6 Å². The number of hydrogen-bond donors (Lipinski definition) is 0. The van der Waals surface area contributed by atoms with E-state index in [0.29, 0.717) is 0 Å². The van der Waals surface area contributed by atoms with E-state index >= 15 is 0 Å². The molecule has 0 fully saturated rings. The molecule has 0 saturated carbocycles. The molecule has 3 rings (SSSR count). The number of benzene rings is 2. The standard InChI is InChI=1S/C23H24/c1-4-5-6-9-19-12-13-22(17(2)14-19)23-16-21-11-8-7-10-20(21)15-18(23)3/h4-11,14-16H,12-13H2,1-3H3/b5-4-,9-6-. The van der Waals surface area contributed by atoms with Crippen LogP contribution in [0.25, 0.3) is 16.3 Å². The largest absolute Gasteiger partial charge is 0.0877 e. The molecule has 0 amide bonds. The van der Waals surface area contributed by atoms with Crippen LogP contribution in [-0.2, 0) is 0 Å². The van der Waals surface area contributed by atoms with E-state index in [9.17, 15) is 0 Å². The molecule has 0 aromatic heterocycles. The molecule has 0 spiro atoms. The molecule has 0 heteroatoms. The third kappa shape index (κ3) is 3.37. The van der Waals surface area contributed by atoms with Gasteiger partial charge in [-0.05, 0) is 78.3 Å². The van der Waals surface area contributed by atoms with Crippen molar-refractivity contribution in [1.29, 1.82) is 0 Å². The summed E-state index contributed by atoms with van der Waals surface area (Å²) < 4.78 is 0.